The van der Waals surface area contributed by atoms with Gasteiger partial charge in [-0.15, -0.1) is 0 Å². The number of likely N-dealkylation sites (N-methyl/N-ethyl adjacent to an activating group) is 1. The summed E-state index contributed by atoms with van der Waals surface area (Å²) in [7, 11) is 1.60. The van der Waals surface area contributed by atoms with Crippen LogP contribution in [-0.2, 0) is 16.9 Å². The highest BCUT2D eigenvalue weighted by Crippen LogP contribution is 2.40. The lowest BCUT2D eigenvalue weighted by molar-refractivity contribution is -0.131. The Hall–Kier alpha value is -2.62. The first-order chi connectivity index (χ1) is 10.6. The van der Waals surface area contributed by atoms with Gasteiger partial charge in [-0.25, -0.2) is 0 Å². The number of carbonyl (C=O) groups excluding carboxylic acids is 2. The molecule has 4 heteroatoms. The zero-order chi connectivity index (χ0) is 15.7. The largest absolute Gasteiger partial charge is 0.357 e. The van der Waals surface area contributed by atoms with Gasteiger partial charge in [-0.05, 0) is 24.1 Å². The van der Waals surface area contributed by atoms with Gasteiger partial charge in [0.1, 0.15) is 5.54 Å². The fourth-order valence-electron chi connectivity index (χ4n) is 3.07. The molecule has 0 radical (unpaired) electrons. The first-order valence-electron chi connectivity index (χ1n) is 7.26. The molecule has 112 valence electrons. The third-order valence-corrected chi connectivity index (χ3v) is 4.32. The zero-order valence-corrected chi connectivity index (χ0v) is 12.7. The van der Waals surface area contributed by atoms with E-state index in [0.29, 0.717) is 12.1 Å². The number of nitrogens with one attached hydrogen (secondary N) is 1. The minimum atomic E-state index is -0.988. The van der Waals surface area contributed by atoms with Gasteiger partial charge in [0.25, 0.3) is 5.91 Å². The number of amides is 2. The lowest BCUT2D eigenvalue weighted by Gasteiger charge is -2.34. The minimum absolute atomic E-state index is 0.106. The molecule has 0 spiro atoms. The molecule has 1 atom stereocenters. The Morgan fingerprint density at radius 1 is 1.09 bits per heavy atom. The first kappa shape index (κ1) is 14.3. The molecule has 3 rings (SSSR count). The second-order valence-corrected chi connectivity index (χ2v) is 5.57. The van der Waals surface area contributed by atoms with E-state index >= 15 is 0 Å². The van der Waals surface area contributed by atoms with Crippen molar-refractivity contribution in [3.05, 3.63) is 71.3 Å². The van der Waals surface area contributed by atoms with Gasteiger partial charge >= 0.3 is 0 Å². The van der Waals surface area contributed by atoms with E-state index in [2.05, 4.69) is 5.32 Å². The summed E-state index contributed by atoms with van der Waals surface area (Å²) in [5.41, 5.74) is 1.37. The second-order valence-electron chi connectivity index (χ2n) is 5.57. The Bertz CT molecular complexity index is 727. The molecule has 0 saturated heterocycles. The van der Waals surface area contributed by atoms with Gasteiger partial charge in [0.2, 0.25) is 5.91 Å². The van der Waals surface area contributed by atoms with E-state index in [9.17, 15) is 9.59 Å². The molecule has 0 saturated carbocycles. The molecule has 1 aliphatic heterocycles. The van der Waals surface area contributed by atoms with Crippen LogP contribution in [0, 0.1) is 0 Å². The molecule has 4 nitrogen and oxygen atoms in total. The SMILES string of the molecule is CNC(=O)C1(C)c2ccccc2C(=O)N1Cc1ccccc1. The van der Waals surface area contributed by atoms with E-state index in [1.807, 2.05) is 48.5 Å². The molecular weight excluding hydrogens is 276 g/mol. The zero-order valence-electron chi connectivity index (χ0n) is 12.7. The maximum Gasteiger partial charge on any atom is 0.255 e. The van der Waals surface area contributed by atoms with Crippen molar-refractivity contribution < 1.29 is 9.59 Å². The van der Waals surface area contributed by atoms with Gasteiger partial charge in [-0.3, -0.25) is 9.59 Å². The molecular formula is C18H18N2O2. The average molecular weight is 294 g/mol. The standard InChI is InChI=1S/C18H18N2O2/c1-18(17(22)19-2)15-11-7-6-10-14(15)16(21)20(18)12-13-8-4-3-5-9-13/h3-11H,12H2,1-2H3,(H,19,22). The third-order valence-electron chi connectivity index (χ3n) is 4.32. The second kappa shape index (κ2) is 5.30. The molecule has 2 aromatic rings. The Balaban J connectivity index is 2.09. The number of carbonyl (C=O) groups is 2. The van der Waals surface area contributed by atoms with Crippen molar-refractivity contribution in [2.45, 2.75) is 19.0 Å². The predicted molar refractivity (Wildman–Crippen MR) is 84.2 cm³/mol. The van der Waals surface area contributed by atoms with Crippen LogP contribution >= 0.6 is 0 Å². The van der Waals surface area contributed by atoms with Gasteiger partial charge in [-0.1, -0.05) is 48.5 Å². The van der Waals surface area contributed by atoms with Crippen molar-refractivity contribution in [1.29, 1.82) is 0 Å². The normalized spacial score (nSPS) is 19.9. The van der Waals surface area contributed by atoms with Crippen molar-refractivity contribution in [2.24, 2.45) is 0 Å². The first-order valence-corrected chi connectivity index (χ1v) is 7.26. The summed E-state index contributed by atoms with van der Waals surface area (Å²) in [5.74, 6) is -0.285. The van der Waals surface area contributed by atoms with Crippen LogP contribution in [-0.4, -0.2) is 23.8 Å². The monoisotopic (exact) mass is 294 g/mol. The molecule has 2 amide bonds. The number of hydrogen-bond donors (Lipinski definition) is 1. The number of nitrogens with zero attached hydrogens (tertiary/aromatic N) is 1. The summed E-state index contributed by atoms with van der Waals surface area (Å²) in [6, 6.07) is 17.0. The summed E-state index contributed by atoms with van der Waals surface area (Å²) in [6.07, 6.45) is 0. The minimum Gasteiger partial charge on any atom is -0.357 e. The Morgan fingerprint density at radius 2 is 1.73 bits per heavy atom. The summed E-state index contributed by atoms with van der Waals surface area (Å²) < 4.78 is 0. The topological polar surface area (TPSA) is 49.4 Å². The van der Waals surface area contributed by atoms with Gasteiger partial charge in [-0.2, -0.15) is 0 Å². The van der Waals surface area contributed by atoms with Gasteiger partial charge in [0.15, 0.2) is 0 Å². The van der Waals surface area contributed by atoms with Crippen LogP contribution in [0.2, 0.25) is 0 Å². The van der Waals surface area contributed by atoms with Crippen LogP contribution in [0.4, 0.5) is 0 Å². The molecule has 0 bridgehead atoms. The molecule has 2 aromatic carbocycles. The van der Waals surface area contributed by atoms with Gasteiger partial charge in [0, 0.05) is 19.2 Å². The Kier molecular flexibility index (Phi) is 3.45. The van der Waals surface area contributed by atoms with Crippen molar-refractivity contribution in [3.63, 3.8) is 0 Å². The van der Waals surface area contributed by atoms with Crippen LogP contribution in [0.15, 0.2) is 54.6 Å². The summed E-state index contributed by atoms with van der Waals surface area (Å²) in [4.78, 5) is 27.0. The third kappa shape index (κ3) is 1.99. The predicted octanol–water partition coefficient (Wildman–Crippen LogP) is 2.30. The van der Waals surface area contributed by atoms with Crippen molar-refractivity contribution >= 4 is 11.8 Å². The van der Waals surface area contributed by atoms with E-state index in [-0.39, 0.29) is 11.8 Å². The van der Waals surface area contributed by atoms with Gasteiger partial charge in [0.05, 0.1) is 0 Å². The van der Waals surface area contributed by atoms with Crippen molar-refractivity contribution in [3.8, 4) is 0 Å². The molecule has 1 aliphatic rings. The highest BCUT2D eigenvalue weighted by molar-refractivity contribution is 6.06. The highest BCUT2D eigenvalue weighted by Gasteiger charge is 2.50. The van der Waals surface area contributed by atoms with Gasteiger partial charge < -0.3 is 10.2 Å². The van der Waals surface area contributed by atoms with Crippen LogP contribution in [0.25, 0.3) is 0 Å². The number of benzene rings is 2. The average Bonchev–Trinajstić information content (AvgIpc) is 2.78. The van der Waals surface area contributed by atoms with Crippen LogP contribution in [0.1, 0.15) is 28.4 Å². The molecule has 1 heterocycles. The lowest BCUT2D eigenvalue weighted by Crippen LogP contribution is -2.51. The molecule has 0 aromatic heterocycles. The van der Waals surface area contributed by atoms with E-state index in [1.54, 1.807) is 24.9 Å². The Labute approximate surface area is 129 Å². The Morgan fingerprint density at radius 3 is 2.41 bits per heavy atom. The molecule has 22 heavy (non-hydrogen) atoms. The van der Waals surface area contributed by atoms with Crippen LogP contribution < -0.4 is 5.32 Å². The van der Waals surface area contributed by atoms with E-state index < -0.39 is 5.54 Å². The molecule has 0 aliphatic carbocycles. The lowest BCUT2D eigenvalue weighted by atomic mass is 9.90. The van der Waals surface area contributed by atoms with E-state index in [1.165, 1.54) is 0 Å². The van der Waals surface area contributed by atoms with Crippen molar-refractivity contribution in [1.82, 2.24) is 10.2 Å². The fourth-order valence-corrected chi connectivity index (χ4v) is 3.07. The van der Waals surface area contributed by atoms with Crippen molar-refractivity contribution in [2.75, 3.05) is 7.05 Å². The van der Waals surface area contributed by atoms with Crippen LogP contribution in [0.5, 0.6) is 0 Å². The highest BCUT2D eigenvalue weighted by atomic mass is 16.2. The summed E-state index contributed by atoms with van der Waals surface area (Å²) >= 11 is 0. The smallest absolute Gasteiger partial charge is 0.255 e. The summed E-state index contributed by atoms with van der Waals surface area (Å²) in [5, 5.41) is 2.69. The fraction of sp³-hybridized carbons (Fsp3) is 0.222. The molecule has 1 unspecified atom stereocenters. The number of fused-ring (bicyclic) bond motifs is 1. The van der Waals surface area contributed by atoms with Crippen LogP contribution in [0.3, 0.4) is 0 Å². The maximum absolute atomic E-state index is 12.8. The molecule has 1 N–H and O–H groups in total. The maximum atomic E-state index is 12.8. The molecule has 0 fully saturated rings. The quantitative estimate of drug-likeness (QED) is 0.944. The van der Waals surface area contributed by atoms with E-state index in [0.717, 1.165) is 11.1 Å². The number of rotatable bonds is 3. The number of hydrogen-bond acceptors (Lipinski definition) is 2. The summed E-state index contributed by atoms with van der Waals surface area (Å²) in [6.45, 7) is 2.21. The van der Waals surface area contributed by atoms with E-state index in [4.69, 9.17) is 0 Å².